The summed E-state index contributed by atoms with van der Waals surface area (Å²) in [7, 11) is -3.48. The molecule has 1 heterocycles. The molecule has 1 aromatic rings. The lowest BCUT2D eigenvalue weighted by Gasteiger charge is -2.26. The first-order valence-corrected chi connectivity index (χ1v) is 9.97. The minimum absolute atomic E-state index is 0.0597. The van der Waals surface area contributed by atoms with Crippen molar-refractivity contribution in [2.45, 2.75) is 42.2 Å². The van der Waals surface area contributed by atoms with Crippen LogP contribution in [0.5, 0.6) is 0 Å². The Bertz CT molecular complexity index is 552. The number of thioether (sulfide) groups is 1. The van der Waals surface area contributed by atoms with E-state index in [4.69, 9.17) is 0 Å². The van der Waals surface area contributed by atoms with Gasteiger partial charge in [0.25, 0.3) is 0 Å². The average Bonchev–Trinajstić information content (AvgIpc) is 2.96. The smallest absolute Gasteiger partial charge is 0.242 e. The van der Waals surface area contributed by atoms with Crippen LogP contribution in [0.2, 0.25) is 0 Å². The lowest BCUT2D eigenvalue weighted by Crippen LogP contribution is -2.38. The van der Waals surface area contributed by atoms with Crippen LogP contribution in [-0.4, -0.2) is 37.5 Å². The molecular weight excluding hydrogens is 306 g/mol. The molecule has 0 bridgehead atoms. The van der Waals surface area contributed by atoms with Crippen molar-refractivity contribution < 1.29 is 8.42 Å². The highest BCUT2D eigenvalue weighted by Crippen LogP contribution is 2.39. The molecule has 1 aliphatic carbocycles. The van der Waals surface area contributed by atoms with Gasteiger partial charge in [-0.1, -0.05) is 12.8 Å². The maximum absolute atomic E-state index is 12.3. The van der Waals surface area contributed by atoms with E-state index >= 15 is 0 Å². The van der Waals surface area contributed by atoms with Gasteiger partial charge in [0, 0.05) is 24.0 Å². The van der Waals surface area contributed by atoms with E-state index in [0.29, 0.717) is 12.4 Å². The highest BCUT2D eigenvalue weighted by Gasteiger charge is 2.34. The van der Waals surface area contributed by atoms with Gasteiger partial charge in [-0.15, -0.1) is 0 Å². The number of sulfonamides is 1. The first kappa shape index (κ1) is 16.6. The zero-order valence-electron chi connectivity index (χ0n) is 12.6. The summed E-state index contributed by atoms with van der Waals surface area (Å²) in [5, 5.41) is 3.05. The zero-order valence-corrected chi connectivity index (χ0v) is 14.2. The van der Waals surface area contributed by atoms with Crippen LogP contribution in [0.15, 0.2) is 23.2 Å². The summed E-state index contributed by atoms with van der Waals surface area (Å²) in [6.45, 7) is 3.22. The number of nitrogens with zero attached hydrogens (tertiary/aromatic N) is 1. The Morgan fingerprint density at radius 2 is 2.05 bits per heavy atom. The standard InChI is InChI=1S/C14H23N3O2S2/c1-3-15-13-7-6-12(10-16-13)21(18,19)17-11-14(20-2)8-4-5-9-14/h6-7,10,17H,3-5,8-9,11H2,1-2H3,(H,15,16). The number of pyridine rings is 1. The molecule has 0 amide bonds. The SMILES string of the molecule is CCNc1ccc(S(=O)(=O)NCC2(SC)CCCC2)cn1. The lowest BCUT2D eigenvalue weighted by atomic mass is 10.1. The Morgan fingerprint density at radius 3 is 2.57 bits per heavy atom. The fourth-order valence-corrected chi connectivity index (χ4v) is 4.68. The van der Waals surface area contributed by atoms with Gasteiger partial charge in [0.1, 0.15) is 10.7 Å². The fraction of sp³-hybridized carbons (Fsp3) is 0.643. The predicted octanol–water partition coefficient (Wildman–Crippen LogP) is 2.47. The van der Waals surface area contributed by atoms with Gasteiger partial charge in [0.15, 0.2) is 0 Å². The zero-order chi connectivity index (χ0) is 15.3. The van der Waals surface area contributed by atoms with E-state index in [1.54, 1.807) is 23.9 Å². The summed E-state index contributed by atoms with van der Waals surface area (Å²) in [6, 6.07) is 3.28. The van der Waals surface area contributed by atoms with Crippen molar-refractivity contribution >= 4 is 27.6 Å². The first-order chi connectivity index (χ1) is 10.0. The second-order valence-corrected chi connectivity index (χ2v) is 8.37. The highest BCUT2D eigenvalue weighted by molar-refractivity contribution is 8.00. The molecule has 0 unspecified atom stereocenters. The molecule has 1 aromatic heterocycles. The van der Waals surface area contributed by atoms with Crippen molar-refractivity contribution in [3.63, 3.8) is 0 Å². The summed E-state index contributed by atoms with van der Waals surface area (Å²) < 4.78 is 27.5. The Balaban J connectivity index is 2.04. The Labute approximate surface area is 131 Å². The predicted molar refractivity (Wildman–Crippen MR) is 88.3 cm³/mol. The molecule has 2 rings (SSSR count). The van der Waals surface area contributed by atoms with E-state index in [2.05, 4.69) is 21.3 Å². The highest BCUT2D eigenvalue weighted by atomic mass is 32.2. The number of hydrogen-bond acceptors (Lipinski definition) is 5. The van der Waals surface area contributed by atoms with Crippen molar-refractivity contribution in [2.24, 2.45) is 0 Å². The van der Waals surface area contributed by atoms with Gasteiger partial charge < -0.3 is 5.32 Å². The van der Waals surface area contributed by atoms with Crippen LogP contribution in [0.25, 0.3) is 0 Å². The summed E-state index contributed by atoms with van der Waals surface area (Å²) in [5.74, 6) is 0.688. The fourth-order valence-electron chi connectivity index (χ4n) is 2.61. The van der Waals surface area contributed by atoms with Gasteiger partial charge in [0.05, 0.1) is 0 Å². The van der Waals surface area contributed by atoms with E-state index in [-0.39, 0.29) is 9.64 Å². The van der Waals surface area contributed by atoms with E-state index < -0.39 is 10.0 Å². The third kappa shape index (κ3) is 4.11. The number of anilines is 1. The van der Waals surface area contributed by atoms with Crippen LogP contribution in [0.3, 0.4) is 0 Å². The molecule has 1 aliphatic rings. The van der Waals surface area contributed by atoms with Crippen LogP contribution in [0.1, 0.15) is 32.6 Å². The van der Waals surface area contributed by atoms with Crippen LogP contribution in [0.4, 0.5) is 5.82 Å². The van der Waals surface area contributed by atoms with Crippen LogP contribution < -0.4 is 10.0 Å². The van der Waals surface area contributed by atoms with Crippen molar-refractivity contribution in [1.82, 2.24) is 9.71 Å². The minimum atomic E-state index is -3.48. The number of rotatable bonds is 7. The summed E-state index contributed by atoms with van der Waals surface area (Å²) >= 11 is 1.77. The molecule has 1 saturated carbocycles. The molecule has 0 aliphatic heterocycles. The Kier molecular flexibility index (Phi) is 5.51. The van der Waals surface area contributed by atoms with Gasteiger partial charge in [-0.3, -0.25) is 0 Å². The average molecular weight is 329 g/mol. The molecule has 0 saturated heterocycles. The lowest BCUT2D eigenvalue weighted by molar-refractivity contribution is 0.551. The minimum Gasteiger partial charge on any atom is -0.370 e. The van der Waals surface area contributed by atoms with E-state index in [1.807, 2.05) is 6.92 Å². The van der Waals surface area contributed by atoms with Gasteiger partial charge in [-0.25, -0.2) is 18.1 Å². The van der Waals surface area contributed by atoms with Crippen molar-refractivity contribution in [3.05, 3.63) is 18.3 Å². The summed E-state index contributed by atoms with van der Waals surface area (Å²) in [5.41, 5.74) is 0. The topological polar surface area (TPSA) is 71.1 Å². The molecule has 5 nitrogen and oxygen atoms in total. The maximum atomic E-state index is 12.3. The largest absolute Gasteiger partial charge is 0.370 e. The molecule has 0 spiro atoms. The van der Waals surface area contributed by atoms with Crippen LogP contribution in [-0.2, 0) is 10.0 Å². The molecule has 0 radical (unpaired) electrons. The van der Waals surface area contributed by atoms with Gasteiger partial charge in [0.2, 0.25) is 10.0 Å². The van der Waals surface area contributed by atoms with Gasteiger partial charge >= 0.3 is 0 Å². The van der Waals surface area contributed by atoms with Crippen LogP contribution in [0, 0.1) is 0 Å². The molecule has 7 heteroatoms. The third-order valence-corrected chi connectivity index (χ3v) is 6.74. The van der Waals surface area contributed by atoms with Gasteiger partial charge in [-0.2, -0.15) is 11.8 Å². The number of hydrogen-bond donors (Lipinski definition) is 2. The van der Waals surface area contributed by atoms with Crippen molar-refractivity contribution in [3.8, 4) is 0 Å². The van der Waals surface area contributed by atoms with E-state index in [1.165, 1.54) is 19.0 Å². The van der Waals surface area contributed by atoms with Crippen molar-refractivity contribution in [2.75, 3.05) is 24.7 Å². The molecular formula is C14H23N3O2S2. The second kappa shape index (κ2) is 6.98. The molecule has 0 atom stereocenters. The second-order valence-electron chi connectivity index (χ2n) is 5.33. The molecule has 1 fully saturated rings. The Morgan fingerprint density at radius 1 is 1.33 bits per heavy atom. The summed E-state index contributed by atoms with van der Waals surface area (Å²) in [4.78, 5) is 4.34. The third-order valence-electron chi connectivity index (χ3n) is 3.94. The number of aromatic nitrogens is 1. The normalized spacial score (nSPS) is 17.8. The molecule has 118 valence electrons. The Hall–Kier alpha value is -0.790. The molecule has 21 heavy (non-hydrogen) atoms. The van der Waals surface area contributed by atoms with Gasteiger partial charge in [-0.05, 0) is 38.2 Å². The van der Waals surface area contributed by atoms with Crippen molar-refractivity contribution in [1.29, 1.82) is 0 Å². The maximum Gasteiger partial charge on any atom is 0.242 e. The summed E-state index contributed by atoms with van der Waals surface area (Å²) in [6.07, 6.45) is 7.98. The van der Waals surface area contributed by atoms with E-state index in [0.717, 1.165) is 19.4 Å². The quantitative estimate of drug-likeness (QED) is 0.804. The molecule has 2 N–H and O–H groups in total. The van der Waals surface area contributed by atoms with Crippen LogP contribution >= 0.6 is 11.8 Å². The molecule has 0 aromatic carbocycles. The number of nitrogens with one attached hydrogen (secondary N) is 2. The monoisotopic (exact) mass is 329 g/mol. The first-order valence-electron chi connectivity index (χ1n) is 7.26. The van der Waals surface area contributed by atoms with E-state index in [9.17, 15) is 8.42 Å².